The van der Waals surface area contributed by atoms with Crippen molar-refractivity contribution < 1.29 is 24.1 Å². The van der Waals surface area contributed by atoms with Gasteiger partial charge in [0, 0.05) is 11.6 Å². The largest absolute Gasteiger partial charge is 0.490 e. The van der Waals surface area contributed by atoms with Crippen molar-refractivity contribution in [3.63, 3.8) is 0 Å². The molecule has 2 atom stereocenters. The molecule has 0 aliphatic heterocycles. The fourth-order valence-corrected chi connectivity index (χ4v) is 2.85. The van der Waals surface area contributed by atoms with Gasteiger partial charge in [0.25, 0.3) is 0 Å². The Morgan fingerprint density at radius 2 is 1.81 bits per heavy atom. The fourth-order valence-electron chi connectivity index (χ4n) is 2.39. The van der Waals surface area contributed by atoms with Crippen LogP contribution in [0.25, 0.3) is 0 Å². The maximum atomic E-state index is 11.6. The third-order valence-electron chi connectivity index (χ3n) is 3.52. The lowest BCUT2D eigenvalue weighted by Gasteiger charge is -2.24. The van der Waals surface area contributed by atoms with E-state index in [1.165, 1.54) is 0 Å². The van der Waals surface area contributed by atoms with Crippen LogP contribution in [0.1, 0.15) is 18.6 Å². The number of carboxylic acids is 1. The fraction of sp³-hybridized carbons (Fsp3) is 0.316. The first-order valence-electron chi connectivity index (χ1n) is 8.11. The van der Waals surface area contributed by atoms with E-state index in [1.54, 1.807) is 37.3 Å². The van der Waals surface area contributed by atoms with Crippen molar-refractivity contribution in [2.75, 3.05) is 19.8 Å². The lowest BCUT2D eigenvalue weighted by atomic mass is 10.0. The first kappa shape index (κ1) is 20.5. The molecule has 0 aromatic heterocycles. The highest BCUT2D eigenvalue weighted by atomic mass is 35.5. The first-order valence-corrected chi connectivity index (χ1v) is 8.87. The quantitative estimate of drug-likeness (QED) is 0.591. The van der Waals surface area contributed by atoms with Crippen LogP contribution in [0.15, 0.2) is 48.5 Å². The minimum absolute atomic E-state index is 0.162. The summed E-state index contributed by atoms with van der Waals surface area (Å²) >= 11 is 11.9. The Bertz CT molecular complexity index is 708. The van der Waals surface area contributed by atoms with Crippen molar-refractivity contribution in [1.29, 1.82) is 0 Å². The summed E-state index contributed by atoms with van der Waals surface area (Å²) in [5.74, 6) is -0.599. The van der Waals surface area contributed by atoms with Gasteiger partial charge in [-0.2, -0.15) is 0 Å². The van der Waals surface area contributed by atoms with Crippen molar-refractivity contribution in [2.45, 2.75) is 19.1 Å². The summed E-state index contributed by atoms with van der Waals surface area (Å²) in [5.41, 5.74) is 0.720. The van der Waals surface area contributed by atoms with E-state index in [0.29, 0.717) is 15.8 Å². The number of rotatable bonds is 10. The van der Waals surface area contributed by atoms with Crippen molar-refractivity contribution in [3.05, 3.63) is 64.1 Å². The van der Waals surface area contributed by atoms with Crippen molar-refractivity contribution in [1.82, 2.24) is 0 Å². The van der Waals surface area contributed by atoms with E-state index in [0.717, 1.165) is 5.56 Å². The summed E-state index contributed by atoms with van der Waals surface area (Å²) in [6.45, 7) is 2.36. The molecule has 2 unspecified atom stereocenters. The normalized spacial score (nSPS) is 13.2. The topological polar surface area (TPSA) is 65.0 Å². The second kappa shape index (κ2) is 10.4. The minimum Gasteiger partial charge on any atom is -0.490 e. The molecular formula is C19H20Cl2O5. The van der Waals surface area contributed by atoms with E-state index in [2.05, 4.69) is 0 Å². The molecule has 2 rings (SSSR count). The van der Waals surface area contributed by atoms with Gasteiger partial charge in [0.2, 0.25) is 0 Å². The number of benzene rings is 2. The second-order valence-electron chi connectivity index (χ2n) is 5.34. The SMILES string of the molecule is CCOC(C(=O)O)C(OCCOc1ccc(Cl)cc1Cl)c1ccccc1. The van der Waals surface area contributed by atoms with E-state index in [1.807, 2.05) is 18.2 Å². The Balaban J connectivity index is 2.01. The van der Waals surface area contributed by atoms with Crippen molar-refractivity contribution in [2.24, 2.45) is 0 Å². The zero-order valence-electron chi connectivity index (χ0n) is 14.2. The molecule has 0 heterocycles. The molecule has 140 valence electrons. The molecular weight excluding hydrogens is 379 g/mol. The van der Waals surface area contributed by atoms with Crippen LogP contribution >= 0.6 is 23.2 Å². The van der Waals surface area contributed by atoms with E-state index in [9.17, 15) is 9.90 Å². The number of hydrogen-bond acceptors (Lipinski definition) is 4. The van der Waals surface area contributed by atoms with Gasteiger partial charge in [0.05, 0.1) is 11.6 Å². The van der Waals surface area contributed by atoms with Gasteiger partial charge in [-0.3, -0.25) is 0 Å². The molecule has 0 spiro atoms. The first-order chi connectivity index (χ1) is 12.5. The summed E-state index contributed by atoms with van der Waals surface area (Å²) in [4.78, 5) is 11.6. The monoisotopic (exact) mass is 398 g/mol. The lowest BCUT2D eigenvalue weighted by Crippen LogP contribution is -2.33. The van der Waals surface area contributed by atoms with E-state index in [-0.39, 0.29) is 19.8 Å². The van der Waals surface area contributed by atoms with Crippen LogP contribution in [-0.2, 0) is 14.3 Å². The molecule has 0 bridgehead atoms. The smallest absolute Gasteiger partial charge is 0.335 e. The van der Waals surface area contributed by atoms with Crippen LogP contribution in [0.3, 0.4) is 0 Å². The molecule has 5 nitrogen and oxygen atoms in total. The predicted molar refractivity (Wildman–Crippen MR) is 100 cm³/mol. The zero-order chi connectivity index (χ0) is 18.9. The van der Waals surface area contributed by atoms with E-state index >= 15 is 0 Å². The Morgan fingerprint density at radius 3 is 2.42 bits per heavy atom. The maximum absolute atomic E-state index is 11.6. The second-order valence-corrected chi connectivity index (χ2v) is 6.18. The van der Waals surface area contributed by atoms with Gasteiger partial charge in [0.1, 0.15) is 18.5 Å². The lowest BCUT2D eigenvalue weighted by molar-refractivity contribution is -0.162. The molecule has 7 heteroatoms. The van der Waals surface area contributed by atoms with E-state index in [4.69, 9.17) is 37.4 Å². The van der Waals surface area contributed by atoms with Gasteiger partial charge < -0.3 is 19.3 Å². The summed E-state index contributed by atoms with van der Waals surface area (Å²) in [5, 5.41) is 10.4. The van der Waals surface area contributed by atoms with Crippen LogP contribution in [0.4, 0.5) is 0 Å². The molecule has 2 aromatic carbocycles. The molecule has 0 aliphatic carbocycles. The number of hydrogen-bond donors (Lipinski definition) is 1. The van der Waals surface area contributed by atoms with Gasteiger partial charge in [0.15, 0.2) is 6.10 Å². The molecule has 1 N–H and O–H groups in total. The maximum Gasteiger partial charge on any atom is 0.335 e. The van der Waals surface area contributed by atoms with Crippen molar-refractivity contribution in [3.8, 4) is 5.75 Å². The molecule has 0 saturated carbocycles. The van der Waals surface area contributed by atoms with Crippen LogP contribution in [0.5, 0.6) is 5.75 Å². The Kier molecular flexibility index (Phi) is 8.19. The Labute approximate surface area is 162 Å². The van der Waals surface area contributed by atoms with Crippen LogP contribution < -0.4 is 4.74 Å². The third kappa shape index (κ3) is 5.88. The summed E-state index contributed by atoms with van der Waals surface area (Å²) in [6.07, 6.45) is -1.86. The van der Waals surface area contributed by atoms with Gasteiger partial charge in [-0.05, 0) is 30.7 Å². The van der Waals surface area contributed by atoms with Crippen LogP contribution in [0.2, 0.25) is 10.0 Å². The number of carboxylic acid groups (broad SMARTS) is 1. The van der Waals surface area contributed by atoms with Gasteiger partial charge in [-0.15, -0.1) is 0 Å². The zero-order valence-corrected chi connectivity index (χ0v) is 15.7. The molecule has 0 aliphatic rings. The van der Waals surface area contributed by atoms with Gasteiger partial charge in [-0.1, -0.05) is 53.5 Å². The van der Waals surface area contributed by atoms with Crippen molar-refractivity contribution >= 4 is 29.2 Å². The average Bonchev–Trinajstić information content (AvgIpc) is 2.62. The standard InChI is InChI=1S/C19H20Cl2O5/c1-2-24-18(19(22)23)17(13-6-4-3-5-7-13)26-11-10-25-16-9-8-14(20)12-15(16)21/h3-9,12,17-18H,2,10-11H2,1H3,(H,22,23). The molecule has 2 aromatic rings. The molecule has 0 amide bonds. The van der Waals surface area contributed by atoms with Gasteiger partial charge >= 0.3 is 5.97 Å². The Morgan fingerprint density at radius 1 is 1.08 bits per heavy atom. The Hall–Kier alpha value is -1.79. The van der Waals surface area contributed by atoms with Crippen LogP contribution in [0, 0.1) is 0 Å². The van der Waals surface area contributed by atoms with Gasteiger partial charge in [-0.25, -0.2) is 4.79 Å². The predicted octanol–water partition coefficient (Wildman–Crippen LogP) is 4.62. The summed E-state index contributed by atoms with van der Waals surface area (Å²) in [6, 6.07) is 14.0. The number of ether oxygens (including phenoxy) is 3. The third-order valence-corrected chi connectivity index (χ3v) is 4.06. The average molecular weight is 399 g/mol. The molecule has 26 heavy (non-hydrogen) atoms. The number of halogens is 2. The molecule has 0 radical (unpaired) electrons. The molecule has 0 saturated heterocycles. The highest BCUT2D eigenvalue weighted by molar-refractivity contribution is 6.35. The number of aliphatic carboxylic acids is 1. The number of carbonyl (C=O) groups is 1. The summed E-state index contributed by atoms with van der Waals surface area (Å²) < 4.78 is 16.7. The van der Waals surface area contributed by atoms with Crippen LogP contribution in [-0.4, -0.2) is 37.0 Å². The minimum atomic E-state index is -1.11. The highest BCUT2D eigenvalue weighted by Gasteiger charge is 2.31. The van der Waals surface area contributed by atoms with E-state index < -0.39 is 18.2 Å². The molecule has 0 fully saturated rings. The summed E-state index contributed by atoms with van der Waals surface area (Å²) in [7, 11) is 0. The highest BCUT2D eigenvalue weighted by Crippen LogP contribution is 2.28.